The van der Waals surface area contributed by atoms with Crippen molar-refractivity contribution >= 4 is 45.3 Å². The normalized spacial score (nSPS) is 12.8. The van der Waals surface area contributed by atoms with Crippen molar-refractivity contribution < 1.29 is 0 Å². The minimum absolute atomic E-state index is 0.744. The molecule has 0 amide bonds. The predicted octanol–water partition coefficient (Wildman–Crippen LogP) is 8.04. The van der Waals surface area contributed by atoms with Crippen LogP contribution in [0.1, 0.15) is 16.7 Å². The van der Waals surface area contributed by atoms with Crippen LogP contribution in [-0.4, -0.2) is 0 Å². The molecule has 5 aromatic rings. The van der Waals surface area contributed by atoms with Crippen LogP contribution in [0.4, 0.5) is 0 Å². The average Bonchev–Trinajstić information content (AvgIpc) is 2.95. The van der Waals surface area contributed by atoms with Crippen molar-refractivity contribution in [1.29, 1.82) is 0 Å². The van der Waals surface area contributed by atoms with Gasteiger partial charge in [0.1, 0.15) is 0 Å². The molecule has 0 radical (unpaired) electrons. The first kappa shape index (κ1) is 23.3. The van der Waals surface area contributed by atoms with Gasteiger partial charge in [0.2, 0.25) is 0 Å². The van der Waals surface area contributed by atoms with Gasteiger partial charge in [-0.1, -0.05) is 0 Å². The molecule has 0 fully saturated rings. The van der Waals surface area contributed by atoms with Crippen LogP contribution < -0.4 is 15.9 Å². The molecule has 5 rings (SSSR count). The molecule has 0 heterocycles. The summed E-state index contributed by atoms with van der Waals surface area (Å²) in [6.45, 7) is 0. The van der Waals surface area contributed by atoms with Crippen LogP contribution in [0.25, 0.3) is 12.2 Å². The Labute approximate surface area is 213 Å². The van der Waals surface area contributed by atoms with E-state index in [-0.39, 0.29) is 0 Å². The fourth-order valence-electron chi connectivity index (χ4n) is 4.77. The second-order valence-corrected chi connectivity index (χ2v) is 15.3. The summed E-state index contributed by atoms with van der Waals surface area (Å²) in [5, 5.41) is 3.56. The molecular weight excluding hydrogens is 463 g/mol. The van der Waals surface area contributed by atoms with E-state index in [1.54, 1.807) is 0 Å². The summed E-state index contributed by atoms with van der Waals surface area (Å²) in [5.74, 6) is -3.32. The van der Waals surface area contributed by atoms with Crippen molar-refractivity contribution in [2.45, 2.75) is 6.16 Å². The van der Waals surface area contributed by atoms with Crippen molar-refractivity contribution in [1.82, 2.24) is 0 Å². The van der Waals surface area contributed by atoms with Crippen LogP contribution >= 0.6 is 17.2 Å². The molecule has 0 atom stereocenters. The van der Waals surface area contributed by atoms with Gasteiger partial charge in [0.15, 0.2) is 0 Å². The van der Waals surface area contributed by atoms with Crippen LogP contribution in [-0.2, 0) is 6.16 Å². The number of rotatable bonds is 7. The SMILES string of the molecule is ClP(Cc1ccc(C=Cc2ccccc2)cc1)(c1ccccc1)(c1ccccc1)c1ccccc1. The Morgan fingerprint density at radius 1 is 0.429 bits per heavy atom. The number of hydrogen-bond acceptors (Lipinski definition) is 0. The van der Waals surface area contributed by atoms with Crippen LogP contribution in [0.15, 0.2) is 146 Å². The topological polar surface area (TPSA) is 0 Å². The molecule has 0 saturated heterocycles. The summed E-state index contributed by atoms with van der Waals surface area (Å²) < 4.78 is 0. The Bertz CT molecular complexity index is 1300. The predicted molar refractivity (Wildman–Crippen MR) is 157 cm³/mol. The molecule has 35 heavy (non-hydrogen) atoms. The Kier molecular flexibility index (Phi) is 6.69. The standard InChI is InChI=1S/C33H28ClP/c34-35(31-15-7-2-8-16-31,32-17-9-3-10-18-32,33-19-11-4-12-20-33)27-30-25-23-29(24-26-30)22-21-28-13-5-1-6-14-28/h1-26H,27H2. The van der Waals surface area contributed by atoms with Gasteiger partial charge in [-0.3, -0.25) is 0 Å². The molecule has 0 aromatic heterocycles. The van der Waals surface area contributed by atoms with Crippen molar-refractivity contribution in [3.63, 3.8) is 0 Å². The zero-order valence-corrected chi connectivity index (χ0v) is 21.2. The molecule has 0 nitrogen and oxygen atoms in total. The van der Waals surface area contributed by atoms with Gasteiger partial charge in [0.25, 0.3) is 0 Å². The Hall–Kier alpha value is -3.44. The molecule has 2 heteroatoms. The van der Waals surface area contributed by atoms with Gasteiger partial charge >= 0.3 is 214 Å². The summed E-state index contributed by atoms with van der Waals surface area (Å²) in [6, 6.07) is 51.2. The molecule has 172 valence electrons. The molecule has 0 aliphatic carbocycles. The van der Waals surface area contributed by atoms with E-state index in [1.165, 1.54) is 32.6 Å². The summed E-state index contributed by atoms with van der Waals surface area (Å²) in [4.78, 5) is 0. The van der Waals surface area contributed by atoms with Gasteiger partial charge in [-0.15, -0.1) is 0 Å². The van der Waals surface area contributed by atoms with E-state index in [9.17, 15) is 0 Å². The number of benzene rings is 5. The van der Waals surface area contributed by atoms with E-state index in [0.29, 0.717) is 0 Å². The molecule has 5 aromatic carbocycles. The Morgan fingerprint density at radius 3 is 1.17 bits per heavy atom. The Morgan fingerprint density at radius 2 is 0.771 bits per heavy atom. The summed E-state index contributed by atoms with van der Waals surface area (Å²) >= 11 is 8.21. The Balaban J connectivity index is 1.61. The zero-order valence-electron chi connectivity index (χ0n) is 19.5. The fraction of sp³-hybridized carbons (Fsp3) is 0.0303. The van der Waals surface area contributed by atoms with Crippen molar-refractivity contribution in [2.24, 2.45) is 0 Å². The molecule has 0 aliphatic rings. The third kappa shape index (κ3) is 4.61. The second kappa shape index (κ2) is 10.0. The summed E-state index contributed by atoms with van der Waals surface area (Å²) in [6.07, 6.45) is 5.05. The van der Waals surface area contributed by atoms with Crippen molar-refractivity contribution in [3.05, 3.63) is 162 Å². The maximum absolute atomic E-state index is 8.21. The first-order valence-corrected chi connectivity index (χ1v) is 15.2. The monoisotopic (exact) mass is 490 g/mol. The number of halogens is 1. The second-order valence-electron chi connectivity index (χ2n) is 8.83. The molecule has 0 N–H and O–H groups in total. The maximum atomic E-state index is 8.21. The third-order valence-corrected chi connectivity index (χ3v) is 13.8. The van der Waals surface area contributed by atoms with Gasteiger partial charge in [0, 0.05) is 0 Å². The van der Waals surface area contributed by atoms with Crippen molar-refractivity contribution in [2.75, 3.05) is 0 Å². The van der Waals surface area contributed by atoms with Gasteiger partial charge in [-0.05, 0) is 0 Å². The molecule has 0 bridgehead atoms. The summed E-state index contributed by atoms with van der Waals surface area (Å²) in [7, 11) is 0. The molecule has 0 spiro atoms. The quantitative estimate of drug-likeness (QED) is 0.160. The van der Waals surface area contributed by atoms with Crippen LogP contribution in [0.2, 0.25) is 0 Å². The van der Waals surface area contributed by atoms with E-state index in [0.717, 1.165) is 6.16 Å². The molecule has 0 saturated carbocycles. The fourth-order valence-corrected chi connectivity index (χ4v) is 10.9. The van der Waals surface area contributed by atoms with E-state index in [2.05, 4.69) is 152 Å². The molecule has 0 unspecified atom stereocenters. The van der Waals surface area contributed by atoms with Crippen molar-refractivity contribution in [3.8, 4) is 0 Å². The summed E-state index contributed by atoms with van der Waals surface area (Å²) in [5.41, 5.74) is 3.59. The van der Waals surface area contributed by atoms with Crippen LogP contribution in [0.3, 0.4) is 0 Å². The van der Waals surface area contributed by atoms with E-state index < -0.39 is 5.96 Å². The molecule has 0 aliphatic heterocycles. The molecular formula is C33H28ClP. The average molecular weight is 491 g/mol. The number of hydrogen-bond donors (Lipinski definition) is 0. The van der Waals surface area contributed by atoms with E-state index in [4.69, 9.17) is 11.2 Å². The zero-order chi connectivity index (χ0) is 24.0. The van der Waals surface area contributed by atoms with Gasteiger partial charge in [0.05, 0.1) is 0 Å². The van der Waals surface area contributed by atoms with Crippen LogP contribution in [0.5, 0.6) is 0 Å². The van der Waals surface area contributed by atoms with Crippen LogP contribution in [0, 0.1) is 0 Å². The van der Waals surface area contributed by atoms with E-state index in [1.807, 2.05) is 6.07 Å². The minimum atomic E-state index is -3.32. The first-order valence-electron chi connectivity index (χ1n) is 11.9. The van der Waals surface area contributed by atoms with E-state index >= 15 is 0 Å². The van der Waals surface area contributed by atoms with Gasteiger partial charge < -0.3 is 0 Å². The van der Waals surface area contributed by atoms with Gasteiger partial charge in [-0.25, -0.2) is 0 Å². The first-order chi connectivity index (χ1) is 17.2. The third-order valence-electron chi connectivity index (χ3n) is 6.61. The van der Waals surface area contributed by atoms with Gasteiger partial charge in [-0.2, -0.15) is 0 Å².